The fourth-order valence-electron chi connectivity index (χ4n) is 2.17. The second-order valence-corrected chi connectivity index (χ2v) is 5.56. The summed E-state index contributed by atoms with van der Waals surface area (Å²) in [5, 5.41) is 3.27. The van der Waals surface area contributed by atoms with Gasteiger partial charge in [0.2, 0.25) is 0 Å². The van der Waals surface area contributed by atoms with Crippen LogP contribution in [0.5, 0.6) is 0 Å². The number of benzene rings is 1. The molecule has 0 saturated heterocycles. The second kappa shape index (κ2) is 6.83. The average molecular weight is 291 g/mol. The molecule has 2 rings (SSSR count). The smallest absolute Gasteiger partial charge is 0.123 e. The summed E-state index contributed by atoms with van der Waals surface area (Å²) in [4.78, 5) is 7.80. The summed E-state index contributed by atoms with van der Waals surface area (Å²) in [6, 6.07) is 6.56. The molecule has 2 N–H and O–H groups in total. The third kappa shape index (κ3) is 3.89. The molecule has 0 amide bonds. The van der Waals surface area contributed by atoms with Crippen LogP contribution in [0, 0.1) is 5.82 Å². The number of rotatable bonds is 7. The van der Waals surface area contributed by atoms with Crippen molar-refractivity contribution >= 4 is 0 Å². The largest absolute Gasteiger partial charge is 0.383 e. The lowest BCUT2D eigenvalue weighted by Gasteiger charge is -2.22. The maximum Gasteiger partial charge on any atom is 0.123 e. The van der Waals surface area contributed by atoms with Crippen molar-refractivity contribution in [3.05, 3.63) is 53.4 Å². The van der Waals surface area contributed by atoms with Crippen LogP contribution in [0.3, 0.4) is 0 Å². The molecule has 0 unspecified atom stereocenters. The topological polar surface area (TPSA) is 49.9 Å². The molecule has 0 aliphatic carbocycles. The zero-order valence-corrected chi connectivity index (χ0v) is 12.7. The molecule has 1 aromatic heterocycles. The first-order chi connectivity index (χ1) is 10.0. The van der Waals surface area contributed by atoms with Crippen LogP contribution in [-0.4, -0.2) is 30.2 Å². The van der Waals surface area contributed by atoms with E-state index in [2.05, 4.69) is 29.1 Å². The van der Waals surface area contributed by atoms with Gasteiger partial charge in [0.05, 0.1) is 6.61 Å². The molecule has 114 valence electrons. The third-order valence-corrected chi connectivity index (χ3v) is 3.58. The molecule has 4 nitrogen and oxygen atoms in total. The molecule has 0 atom stereocenters. The van der Waals surface area contributed by atoms with Crippen molar-refractivity contribution in [1.82, 2.24) is 15.3 Å². The van der Waals surface area contributed by atoms with Gasteiger partial charge in [0.25, 0.3) is 0 Å². The number of hydrogen-bond donors (Lipinski definition) is 2. The molecule has 21 heavy (non-hydrogen) atoms. The van der Waals surface area contributed by atoms with Crippen LogP contribution in [0.25, 0.3) is 0 Å². The zero-order valence-electron chi connectivity index (χ0n) is 12.7. The minimum absolute atomic E-state index is 0.225. The van der Waals surface area contributed by atoms with Gasteiger partial charge < -0.3 is 15.0 Å². The van der Waals surface area contributed by atoms with Gasteiger partial charge in [-0.1, -0.05) is 12.1 Å². The Labute approximate surface area is 124 Å². The fourth-order valence-corrected chi connectivity index (χ4v) is 2.17. The molecule has 0 aliphatic heterocycles. The van der Waals surface area contributed by atoms with Crippen LogP contribution in [0.15, 0.2) is 30.5 Å². The number of halogens is 1. The predicted octanol–water partition coefficient (Wildman–Crippen LogP) is 2.61. The Bertz CT molecular complexity index is 563. The summed E-state index contributed by atoms with van der Waals surface area (Å²) >= 11 is 0. The van der Waals surface area contributed by atoms with Crippen molar-refractivity contribution in [3.63, 3.8) is 0 Å². The van der Waals surface area contributed by atoms with Gasteiger partial charge in [-0.2, -0.15) is 0 Å². The Morgan fingerprint density at radius 3 is 2.67 bits per heavy atom. The Hall–Kier alpha value is -1.72. The number of imidazole rings is 1. The molecule has 0 radical (unpaired) electrons. The van der Waals surface area contributed by atoms with E-state index in [9.17, 15) is 4.39 Å². The number of aromatic amines is 1. The molecule has 0 saturated carbocycles. The van der Waals surface area contributed by atoms with Crippen molar-refractivity contribution in [2.24, 2.45) is 0 Å². The summed E-state index contributed by atoms with van der Waals surface area (Å²) in [5.74, 6) is 0.648. The van der Waals surface area contributed by atoms with Gasteiger partial charge >= 0.3 is 0 Å². The molecule has 0 spiro atoms. The third-order valence-electron chi connectivity index (χ3n) is 3.58. The van der Waals surface area contributed by atoms with Gasteiger partial charge in [-0.05, 0) is 31.5 Å². The molecule has 0 bridgehead atoms. The minimum Gasteiger partial charge on any atom is -0.383 e. The van der Waals surface area contributed by atoms with E-state index in [1.165, 1.54) is 12.1 Å². The van der Waals surface area contributed by atoms with Gasteiger partial charge in [-0.3, -0.25) is 0 Å². The summed E-state index contributed by atoms with van der Waals surface area (Å²) in [6.07, 6.45) is 1.83. The second-order valence-electron chi connectivity index (χ2n) is 5.56. The standard InChI is InChI=1S/C16H22FN3O/c1-16(2,12-4-6-13(17)7-5-12)15-19-11-14(20-15)10-18-8-9-21-3/h4-7,11,18H,8-10H2,1-3H3,(H,19,20). The van der Waals surface area contributed by atoms with Crippen LogP contribution in [-0.2, 0) is 16.7 Å². The number of aromatic nitrogens is 2. The zero-order chi connectivity index (χ0) is 15.3. The summed E-state index contributed by atoms with van der Waals surface area (Å²) in [5.41, 5.74) is 1.76. The first-order valence-electron chi connectivity index (χ1n) is 7.04. The molecule has 0 fully saturated rings. The van der Waals surface area contributed by atoms with E-state index in [-0.39, 0.29) is 11.2 Å². The highest BCUT2D eigenvalue weighted by molar-refractivity contribution is 5.31. The lowest BCUT2D eigenvalue weighted by atomic mass is 9.84. The Morgan fingerprint density at radius 2 is 2.00 bits per heavy atom. The molecule has 2 aromatic rings. The highest BCUT2D eigenvalue weighted by Crippen LogP contribution is 2.29. The van der Waals surface area contributed by atoms with Gasteiger partial charge in [-0.25, -0.2) is 9.37 Å². The number of nitrogens with one attached hydrogen (secondary N) is 2. The van der Waals surface area contributed by atoms with Crippen molar-refractivity contribution in [1.29, 1.82) is 0 Å². The van der Waals surface area contributed by atoms with E-state index < -0.39 is 0 Å². The number of nitrogens with zero attached hydrogens (tertiary/aromatic N) is 1. The molecular weight excluding hydrogens is 269 g/mol. The number of hydrogen-bond acceptors (Lipinski definition) is 3. The predicted molar refractivity (Wildman–Crippen MR) is 80.7 cm³/mol. The van der Waals surface area contributed by atoms with Gasteiger partial charge in [0.15, 0.2) is 0 Å². The molecule has 1 aromatic carbocycles. The number of methoxy groups -OCH3 is 1. The van der Waals surface area contributed by atoms with Crippen LogP contribution >= 0.6 is 0 Å². The maximum absolute atomic E-state index is 13.0. The molecule has 5 heteroatoms. The van der Waals surface area contributed by atoms with Crippen molar-refractivity contribution in [2.45, 2.75) is 25.8 Å². The van der Waals surface area contributed by atoms with Gasteiger partial charge in [0.1, 0.15) is 11.6 Å². The lowest BCUT2D eigenvalue weighted by molar-refractivity contribution is 0.199. The van der Waals surface area contributed by atoms with E-state index in [1.54, 1.807) is 19.2 Å². The van der Waals surface area contributed by atoms with Crippen molar-refractivity contribution in [3.8, 4) is 0 Å². The van der Waals surface area contributed by atoms with Crippen LogP contribution in [0.1, 0.15) is 30.9 Å². The summed E-state index contributed by atoms with van der Waals surface area (Å²) in [6.45, 7) is 6.34. The maximum atomic E-state index is 13.0. The Balaban J connectivity index is 2.06. The summed E-state index contributed by atoms with van der Waals surface area (Å²) in [7, 11) is 1.68. The molecule has 1 heterocycles. The Kier molecular flexibility index (Phi) is 5.09. The van der Waals surface area contributed by atoms with E-state index in [0.717, 1.165) is 30.2 Å². The SMILES string of the molecule is COCCNCc1cnc(C(C)(C)c2ccc(F)cc2)[nH]1. The van der Waals surface area contributed by atoms with Crippen LogP contribution in [0.4, 0.5) is 4.39 Å². The van der Waals surface area contributed by atoms with E-state index >= 15 is 0 Å². The number of H-pyrrole nitrogens is 1. The first-order valence-corrected chi connectivity index (χ1v) is 7.04. The molecular formula is C16H22FN3O. The van der Waals surface area contributed by atoms with E-state index in [4.69, 9.17) is 4.74 Å². The van der Waals surface area contributed by atoms with Crippen molar-refractivity contribution in [2.75, 3.05) is 20.3 Å². The van der Waals surface area contributed by atoms with E-state index in [1.807, 2.05) is 6.20 Å². The average Bonchev–Trinajstić information content (AvgIpc) is 2.94. The minimum atomic E-state index is -0.293. The van der Waals surface area contributed by atoms with E-state index in [0.29, 0.717) is 6.61 Å². The fraction of sp³-hybridized carbons (Fsp3) is 0.438. The normalized spacial score (nSPS) is 11.8. The first kappa shape index (κ1) is 15.7. The van der Waals surface area contributed by atoms with Gasteiger partial charge in [-0.15, -0.1) is 0 Å². The lowest BCUT2D eigenvalue weighted by Crippen LogP contribution is -2.21. The highest BCUT2D eigenvalue weighted by Gasteiger charge is 2.26. The monoisotopic (exact) mass is 291 g/mol. The summed E-state index contributed by atoms with van der Waals surface area (Å²) < 4.78 is 18.0. The van der Waals surface area contributed by atoms with Crippen molar-refractivity contribution < 1.29 is 9.13 Å². The Morgan fingerprint density at radius 1 is 1.29 bits per heavy atom. The quantitative estimate of drug-likeness (QED) is 0.771. The van der Waals surface area contributed by atoms with Crippen LogP contribution in [0.2, 0.25) is 0 Å². The van der Waals surface area contributed by atoms with Gasteiger partial charge in [0, 0.05) is 37.5 Å². The molecule has 0 aliphatic rings. The van der Waals surface area contributed by atoms with Crippen LogP contribution < -0.4 is 5.32 Å². The number of ether oxygens (including phenoxy) is 1. The highest BCUT2D eigenvalue weighted by atomic mass is 19.1.